The summed E-state index contributed by atoms with van der Waals surface area (Å²) in [5, 5.41) is 3.76. The van der Waals surface area contributed by atoms with Crippen molar-refractivity contribution in [3.8, 4) is 0 Å². The first-order valence-electron chi connectivity index (χ1n) is 8.20. The zero-order chi connectivity index (χ0) is 14.2. The van der Waals surface area contributed by atoms with E-state index in [0.717, 1.165) is 12.5 Å². The quantitative estimate of drug-likeness (QED) is 0.674. The second-order valence-electron chi connectivity index (χ2n) is 6.16. The van der Waals surface area contributed by atoms with Crippen LogP contribution in [0.15, 0.2) is 29.2 Å². The summed E-state index contributed by atoms with van der Waals surface area (Å²) in [6.07, 6.45) is 8.43. The molecule has 0 bridgehead atoms. The molecule has 0 aromatic heterocycles. The van der Waals surface area contributed by atoms with E-state index in [-0.39, 0.29) is 0 Å². The van der Waals surface area contributed by atoms with E-state index < -0.39 is 0 Å². The number of benzene rings is 1. The summed E-state index contributed by atoms with van der Waals surface area (Å²) >= 11 is 2.01. The Balaban J connectivity index is 1.82. The lowest BCUT2D eigenvalue weighted by molar-refractivity contribution is 0.410. The van der Waals surface area contributed by atoms with Crippen LogP contribution in [0.4, 0.5) is 0 Å². The first-order chi connectivity index (χ1) is 9.78. The van der Waals surface area contributed by atoms with E-state index in [0.29, 0.717) is 6.04 Å². The monoisotopic (exact) mass is 291 g/mol. The number of hydrogen-bond acceptors (Lipinski definition) is 2. The van der Waals surface area contributed by atoms with Gasteiger partial charge in [0.15, 0.2) is 0 Å². The molecule has 20 heavy (non-hydrogen) atoms. The Morgan fingerprint density at radius 2 is 2.10 bits per heavy atom. The van der Waals surface area contributed by atoms with Crippen molar-refractivity contribution in [1.29, 1.82) is 0 Å². The van der Waals surface area contributed by atoms with Gasteiger partial charge in [-0.3, -0.25) is 0 Å². The van der Waals surface area contributed by atoms with E-state index >= 15 is 0 Å². The predicted octanol–water partition coefficient (Wildman–Crippen LogP) is 5.04. The SMILES string of the molecule is CCCNC(CSc1cccc(C)c1)CC1CCCC1. The van der Waals surface area contributed by atoms with Gasteiger partial charge < -0.3 is 5.32 Å². The molecule has 0 amide bonds. The van der Waals surface area contributed by atoms with Crippen molar-refractivity contribution < 1.29 is 0 Å². The van der Waals surface area contributed by atoms with E-state index in [4.69, 9.17) is 0 Å². The van der Waals surface area contributed by atoms with E-state index in [2.05, 4.69) is 43.4 Å². The van der Waals surface area contributed by atoms with Gasteiger partial charge >= 0.3 is 0 Å². The van der Waals surface area contributed by atoms with E-state index in [1.54, 1.807) is 0 Å². The van der Waals surface area contributed by atoms with Crippen molar-refractivity contribution in [3.05, 3.63) is 29.8 Å². The fourth-order valence-electron chi connectivity index (χ4n) is 3.11. The third-order valence-corrected chi connectivity index (χ3v) is 5.37. The third-order valence-electron chi connectivity index (χ3n) is 4.22. The normalized spacial score (nSPS) is 17.5. The minimum Gasteiger partial charge on any atom is -0.313 e. The van der Waals surface area contributed by atoms with Gasteiger partial charge in [-0.05, 0) is 44.4 Å². The van der Waals surface area contributed by atoms with Crippen LogP contribution >= 0.6 is 11.8 Å². The second-order valence-corrected chi connectivity index (χ2v) is 7.26. The molecule has 0 saturated heterocycles. The molecule has 1 N–H and O–H groups in total. The first-order valence-corrected chi connectivity index (χ1v) is 9.19. The molecule has 0 aliphatic heterocycles. The molecule has 2 heteroatoms. The van der Waals surface area contributed by atoms with Crippen LogP contribution in [0.2, 0.25) is 0 Å². The molecular weight excluding hydrogens is 262 g/mol. The zero-order valence-corrected chi connectivity index (χ0v) is 13.8. The highest BCUT2D eigenvalue weighted by Crippen LogP contribution is 2.30. The lowest BCUT2D eigenvalue weighted by Gasteiger charge is -2.21. The van der Waals surface area contributed by atoms with Gasteiger partial charge in [-0.1, -0.05) is 50.3 Å². The molecule has 1 aromatic carbocycles. The molecular formula is C18H29NS. The first kappa shape index (κ1) is 15.9. The molecule has 0 heterocycles. The summed E-state index contributed by atoms with van der Waals surface area (Å²) in [7, 11) is 0. The third kappa shape index (κ3) is 5.49. The highest BCUT2D eigenvalue weighted by atomic mass is 32.2. The minimum atomic E-state index is 0.684. The Bertz CT molecular complexity index is 385. The van der Waals surface area contributed by atoms with Crippen LogP contribution in [0, 0.1) is 12.8 Å². The second kappa shape index (κ2) is 8.74. The molecule has 1 nitrogen and oxygen atoms in total. The maximum Gasteiger partial charge on any atom is 0.0164 e. The fourth-order valence-corrected chi connectivity index (χ4v) is 4.20. The average Bonchev–Trinajstić information content (AvgIpc) is 2.95. The minimum absolute atomic E-state index is 0.684. The van der Waals surface area contributed by atoms with Gasteiger partial charge in [-0.25, -0.2) is 0 Å². The molecule has 1 aromatic rings. The molecule has 1 atom stereocenters. The van der Waals surface area contributed by atoms with Crippen LogP contribution in [0.5, 0.6) is 0 Å². The Morgan fingerprint density at radius 1 is 1.30 bits per heavy atom. The van der Waals surface area contributed by atoms with Crippen molar-refractivity contribution in [1.82, 2.24) is 5.32 Å². The molecule has 0 spiro atoms. The average molecular weight is 292 g/mol. The van der Waals surface area contributed by atoms with Crippen molar-refractivity contribution in [2.24, 2.45) is 5.92 Å². The van der Waals surface area contributed by atoms with Crippen molar-refractivity contribution in [2.45, 2.75) is 63.3 Å². The Morgan fingerprint density at radius 3 is 2.80 bits per heavy atom. The fraction of sp³-hybridized carbons (Fsp3) is 0.667. The number of thioether (sulfide) groups is 1. The van der Waals surface area contributed by atoms with E-state index in [9.17, 15) is 0 Å². The topological polar surface area (TPSA) is 12.0 Å². The zero-order valence-electron chi connectivity index (χ0n) is 13.0. The summed E-state index contributed by atoms with van der Waals surface area (Å²) in [4.78, 5) is 1.42. The summed E-state index contributed by atoms with van der Waals surface area (Å²) < 4.78 is 0. The van der Waals surface area contributed by atoms with Crippen molar-refractivity contribution >= 4 is 11.8 Å². The van der Waals surface area contributed by atoms with E-state index in [1.807, 2.05) is 11.8 Å². The van der Waals surface area contributed by atoms with Crippen molar-refractivity contribution in [3.63, 3.8) is 0 Å². The number of hydrogen-bond donors (Lipinski definition) is 1. The van der Waals surface area contributed by atoms with Gasteiger partial charge in [-0.2, -0.15) is 0 Å². The number of nitrogens with one attached hydrogen (secondary N) is 1. The predicted molar refractivity (Wildman–Crippen MR) is 90.6 cm³/mol. The standard InChI is InChI=1S/C18H29NS/c1-3-11-19-17(13-16-8-4-5-9-16)14-20-18-10-6-7-15(2)12-18/h6-7,10,12,16-17,19H,3-5,8-9,11,13-14H2,1-2H3. The van der Waals surface area contributed by atoms with Crippen LogP contribution in [-0.2, 0) is 0 Å². The summed E-state index contributed by atoms with van der Waals surface area (Å²) in [6.45, 7) is 5.59. The molecule has 1 saturated carbocycles. The molecule has 2 rings (SSSR count). The lowest BCUT2D eigenvalue weighted by Crippen LogP contribution is -2.33. The largest absolute Gasteiger partial charge is 0.313 e. The number of aryl methyl sites for hydroxylation is 1. The molecule has 1 fully saturated rings. The van der Waals surface area contributed by atoms with Crippen LogP contribution in [0.25, 0.3) is 0 Å². The van der Waals surface area contributed by atoms with Gasteiger partial charge in [0.2, 0.25) is 0 Å². The Kier molecular flexibility index (Phi) is 6.95. The molecule has 1 aliphatic carbocycles. The Labute approximate surface area is 128 Å². The maximum absolute atomic E-state index is 3.76. The summed E-state index contributed by atoms with van der Waals surface area (Å²) in [6, 6.07) is 9.57. The van der Waals surface area contributed by atoms with Crippen LogP contribution in [-0.4, -0.2) is 18.3 Å². The summed E-state index contributed by atoms with van der Waals surface area (Å²) in [5.74, 6) is 2.18. The smallest absolute Gasteiger partial charge is 0.0164 e. The van der Waals surface area contributed by atoms with Crippen LogP contribution in [0.3, 0.4) is 0 Å². The van der Waals surface area contributed by atoms with Gasteiger partial charge in [0.1, 0.15) is 0 Å². The molecule has 0 radical (unpaired) electrons. The van der Waals surface area contributed by atoms with E-state index in [1.165, 1.54) is 54.7 Å². The van der Waals surface area contributed by atoms with Gasteiger partial charge in [-0.15, -0.1) is 11.8 Å². The van der Waals surface area contributed by atoms with Crippen molar-refractivity contribution in [2.75, 3.05) is 12.3 Å². The molecule has 1 aliphatic rings. The van der Waals surface area contributed by atoms with Crippen LogP contribution < -0.4 is 5.32 Å². The summed E-state index contributed by atoms with van der Waals surface area (Å²) in [5.41, 5.74) is 1.36. The van der Waals surface area contributed by atoms with Gasteiger partial charge in [0, 0.05) is 16.7 Å². The highest BCUT2D eigenvalue weighted by Gasteiger charge is 2.19. The maximum atomic E-state index is 3.76. The molecule has 112 valence electrons. The van der Waals surface area contributed by atoms with Gasteiger partial charge in [0.25, 0.3) is 0 Å². The van der Waals surface area contributed by atoms with Gasteiger partial charge in [0.05, 0.1) is 0 Å². The molecule has 1 unspecified atom stereocenters. The lowest BCUT2D eigenvalue weighted by atomic mass is 9.99. The highest BCUT2D eigenvalue weighted by molar-refractivity contribution is 7.99. The number of rotatable bonds is 8. The van der Waals surface area contributed by atoms with Crippen LogP contribution in [0.1, 0.15) is 51.0 Å². The Hall–Kier alpha value is -0.470.